The summed E-state index contributed by atoms with van der Waals surface area (Å²) in [5, 5.41) is 9.63. The number of thioether (sulfide) groups is 1. The van der Waals surface area contributed by atoms with Crippen LogP contribution in [0.4, 0.5) is 4.39 Å². The average Bonchev–Trinajstić information content (AvgIpc) is 2.65. The minimum absolute atomic E-state index is 0.173. The number of amides is 1. The summed E-state index contributed by atoms with van der Waals surface area (Å²) in [7, 11) is 0. The molecule has 2 aliphatic rings. The van der Waals surface area contributed by atoms with Crippen molar-refractivity contribution < 1.29 is 18.7 Å². The molecule has 4 atom stereocenters. The number of carbonyl (C=O) groups excluding carboxylic acids is 2. The highest BCUT2D eigenvalue weighted by molar-refractivity contribution is 7.99. The Morgan fingerprint density at radius 1 is 1.29 bits per heavy atom. The second-order valence-corrected chi connectivity index (χ2v) is 8.08. The predicted octanol–water partition coefficient (Wildman–Crippen LogP) is 2.44. The predicted molar refractivity (Wildman–Crippen MR) is 107 cm³/mol. The van der Waals surface area contributed by atoms with Crippen molar-refractivity contribution in [2.45, 2.75) is 44.8 Å². The molecule has 2 aliphatic heterocycles. The third-order valence-corrected chi connectivity index (χ3v) is 6.14. The molecule has 28 heavy (non-hydrogen) atoms. The second-order valence-electron chi connectivity index (χ2n) is 6.87. The van der Waals surface area contributed by atoms with E-state index in [0.29, 0.717) is 16.8 Å². The zero-order valence-electron chi connectivity index (χ0n) is 16.3. The van der Waals surface area contributed by atoms with Crippen LogP contribution in [0.3, 0.4) is 0 Å². The van der Waals surface area contributed by atoms with Crippen LogP contribution in [0, 0.1) is 11.7 Å². The van der Waals surface area contributed by atoms with E-state index >= 15 is 0 Å². The number of nitrogens with one attached hydrogen (secondary N) is 3. The molecule has 1 amide bonds. The van der Waals surface area contributed by atoms with Crippen molar-refractivity contribution in [1.29, 1.82) is 0 Å². The molecule has 6 nitrogen and oxygen atoms in total. The standard InChI is InChI=1S/C20H26FN3O3S/c1-4-9-28-20-23-17-16(18(25)24-20)15(12-7-6-8-13(21)10-12)14(11(3)22-17)19(26)27-5-2/h6-8,10,15-17,20,22-23H,4-5,9H2,1-3H3,(H,24,25). The molecule has 0 saturated carbocycles. The van der Waals surface area contributed by atoms with Crippen LogP contribution >= 0.6 is 11.8 Å². The van der Waals surface area contributed by atoms with E-state index in [4.69, 9.17) is 4.74 Å². The van der Waals surface area contributed by atoms with Crippen molar-refractivity contribution in [3.8, 4) is 0 Å². The van der Waals surface area contributed by atoms with Gasteiger partial charge in [-0.05, 0) is 43.7 Å². The number of hydrogen-bond donors (Lipinski definition) is 3. The summed E-state index contributed by atoms with van der Waals surface area (Å²) in [6, 6.07) is 6.06. The Kier molecular flexibility index (Phi) is 6.61. The lowest BCUT2D eigenvalue weighted by atomic mass is 9.74. The average molecular weight is 408 g/mol. The largest absolute Gasteiger partial charge is 0.463 e. The molecule has 1 aromatic rings. The fraction of sp³-hybridized carbons (Fsp3) is 0.500. The fourth-order valence-electron chi connectivity index (χ4n) is 3.77. The fourth-order valence-corrected chi connectivity index (χ4v) is 4.69. The Morgan fingerprint density at radius 3 is 2.75 bits per heavy atom. The van der Waals surface area contributed by atoms with E-state index in [1.54, 1.807) is 37.7 Å². The molecular weight excluding hydrogens is 381 g/mol. The van der Waals surface area contributed by atoms with Gasteiger partial charge in [-0.25, -0.2) is 9.18 Å². The maximum absolute atomic E-state index is 14.0. The number of fused-ring (bicyclic) bond motifs is 1. The zero-order chi connectivity index (χ0) is 20.3. The molecule has 0 bridgehead atoms. The van der Waals surface area contributed by atoms with Crippen LogP contribution in [0.2, 0.25) is 0 Å². The van der Waals surface area contributed by atoms with Crippen molar-refractivity contribution in [3.05, 3.63) is 46.9 Å². The summed E-state index contributed by atoms with van der Waals surface area (Å²) < 4.78 is 19.2. The van der Waals surface area contributed by atoms with Gasteiger partial charge in [0.25, 0.3) is 0 Å². The Hall–Kier alpha value is -2.06. The van der Waals surface area contributed by atoms with Crippen LogP contribution in [-0.2, 0) is 14.3 Å². The smallest absolute Gasteiger partial charge is 0.336 e. The van der Waals surface area contributed by atoms with Crippen LogP contribution in [0.5, 0.6) is 0 Å². The topological polar surface area (TPSA) is 79.5 Å². The second kappa shape index (κ2) is 8.96. The van der Waals surface area contributed by atoms with Crippen molar-refractivity contribution in [3.63, 3.8) is 0 Å². The third-order valence-electron chi connectivity index (χ3n) is 4.90. The lowest BCUT2D eigenvalue weighted by Gasteiger charge is -2.45. The van der Waals surface area contributed by atoms with Gasteiger partial charge >= 0.3 is 5.97 Å². The minimum atomic E-state index is -0.608. The maximum atomic E-state index is 14.0. The number of halogens is 1. The summed E-state index contributed by atoms with van der Waals surface area (Å²) in [4.78, 5) is 25.7. The summed E-state index contributed by atoms with van der Waals surface area (Å²) in [6.07, 6.45) is 0.632. The molecule has 1 saturated heterocycles. The first-order chi connectivity index (χ1) is 13.5. The molecule has 3 rings (SSSR count). The Labute approximate surface area is 168 Å². The first-order valence-corrected chi connectivity index (χ1v) is 10.6. The Morgan fingerprint density at radius 2 is 2.07 bits per heavy atom. The quantitative estimate of drug-likeness (QED) is 0.629. The molecule has 3 N–H and O–H groups in total. The number of benzene rings is 1. The molecule has 1 aromatic carbocycles. The Balaban J connectivity index is 2.02. The van der Waals surface area contributed by atoms with Gasteiger partial charge < -0.3 is 15.4 Å². The van der Waals surface area contributed by atoms with Gasteiger partial charge in [-0.3, -0.25) is 10.1 Å². The van der Waals surface area contributed by atoms with Crippen LogP contribution in [0.25, 0.3) is 0 Å². The van der Waals surface area contributed by atoms with Crippen molar-refractivity contribution in [2.75, 3.05) is 12.4 Å². The first-order valence-electron chi connectivity index (χ1n) is 9.54. The van der Waals surface area contributed by atoms with E-state index in [1.165, 1.54) is 12.1 Å². The van der Waals surface area contributed by atoms with Gasteiger partial charge in [0, 0.05) is 11.6 Å². The lowest BCUT2D eigenvalue weighted by Crippen LogP contribution is -2.67. The Bertz CT molecular complexity index is 786. The third kappa shape index (κ3) is 4.17. The van der Waals surface area contributed by atoms with E-state index in [0.717, 1.165) is 12.2 Å². The molecule has 1 fully saturated rings. The van der Waals surface area contributed by atoms with Gasteiger partial charge in [0.2, 0.25) is 5.91 Å². The van der Waals surface area contributed by atoms with E-state index in [-0.39, 0.29) is 24.2 Å². The summed E-state index contributed by atoms with van der Waals surface area (Å²) in [5.41, 5.74) is 1.36. The van der Waals surface area contributed by atoms with E-state index < -0.39 is 23.6 Å². The molecule has 4 unspecified atom stereocenters. The number of esters is 1. The number of hydrogen-bond acceptors (Lipinski definition) is 6. The molecule has 2 heterocycles. The monoisotopic (exact) mass is 407 g/mol. The molecule has 0 aliphatic carbocycles. The molecule has 8 heteroatoms. The highest BCUT2D eigenvalue weighted by atomic mass is 32.2. The van der Waals surface area contributed by atoms with Gasteiger partial charge in [0.05, 0.1) is 24.3 Å². The van der Waals surface area contributed by atoms with E-state index in [2.05, 4.69) is 22.9 Å². The van der Waals surface area contributed by atoms with E-state index in [1.807, 2.05) is 0 Å². The van der Waals surface area contributed by atoms with Crippen LogP contribution < -0.4 is 16.0 Å². The molecule has 0 radical (unpaired) electrons. The number of carbonyl (C=O) groups is 2. The SMILES string of the molecule is CCCSC1NC(=O)C2C(NC(C)=C(C(=O)OCC)C2c2cccc(F)c2)N1. The van der Waals surface area contributed by atoms with Crippen molar-refractivity contribution in [1.82, 2.24) is 16.0 Å². The molecule has 0 aromatic heterocycles. The normalized spacial score (nSPS) is 26.9. The van der Waals surface area contributed by atoms with Crippen LogP contribution in [0.1, 0.15) is 38.7 Å². The number of rotatable bonds is 6. The summed E-state index contributed by atoms with van der Waals surface area (Å²) in [6.45, 7) is 5.82. The molecule has 152 valence electrons. The lowest BCUT2D eigenvalue weighted by molar-refractivity contribution is -0.139. The van der Waals surface area contributed by atoms with Gasteiger partial charge in [0.15, 0.2) is 0 Å². The maximum Gasteiger partial charge on any atom is 0.336 e. The van der Waals surface area contributed by atoms with Gasteiger partial charge in [-0.2, -0.15) is 0 Å². The summed E-state index contributed by atoms with van der Waals surface area (Å²) in [5.74, 6) is -1.38. The summed E-state index contributed by atoms with van der Waals surface area (Å²) >= 11 is 1.62. The van der Waals surface area contributed by atoms with E-state index in [9.17, 15) is 14.0 Å². The minimum Gasteiger partial charge on any atom is -0.463 e. The first kappa shape index (κ1) is 20.7. The van der Waals surface area contributed by atoms with Crippen molar-refractivity contribution >= 4 is 23.6 Å². The van der Waals surface area contributed by atoms with Crippen LogP contribution in [0.15, 0.2) is 35.5 Å². The molecular formula is C20H26FN3O3S. The van der Waals surface area contributed by atoms with Crippen LogP contribution in [-0.4, -0.2) is 35.9 Å². The number of ether oxygens (including phenoxy) is 1. The molecule has 0 spiro atoms. The highest BCUT2D eigenvalue weighted by Crippen LogP contribution is 2.41. The van der Waals surface area contributed by atoms with Gasteiger partial charge in [-0.1, -0.05) is 19.1 Å². The van der Waals surface area contributed by atoms with Gasteiger partial charge in [0.1, 0.15) is 11.3 Å². The highest BCUT2D eigenvalue weighted by Gasteiger charge is 2.48. The zero-order valence-corrected chi connectivity index (χ0v) is 17.1. The van der Waals surface area contributed by atoms with Gasteiger partial charge in [-0.15, -0.1) is 11.8 Å². The van der Waals surface area contributed by atoms with Crippen molar-refractivity contribution in [2.24, 2.45) is 5.92 Å². The number of allylic oxidation sites excluding steroid dienone is 1.